The number of carbonyl (C=O) groups is 1. The molecule has 13 heteroatoms. The van der Waals surface area contributed by atoms with Crippen LogP contribution in [0.5, 0.6) is 0 Å². The first kappa shape index (κ1) is 22.6. The smallest absolute Gasteiger partial charge is 0.417 e. The Balaban J connectivity index is 1.67. The summed E-state index contributed by atoms with van der Waals surface area (Å²) in [7, 11) is 0. The second-order valence-electron chi connectivity index (χ2n) is 6.87. The van der Waals surface area contributed by atoms with E-state index in [4.69, 9.17) is 32.8 Å². The maximum Gasteiger partial charge on any atom is 0.417 e. The number of halogens is 5. The lowest BCUT2D eigenvalue weighted by molar-refractivity contribution is -0.138. The lowest BCUT2D eigenvalue weighted by Gasteiger charge is -2.08. The number of aliphatic carboxylic acids is 1. The zero-order chi connectivity index (χ0) is 23.9. The maximum absolute atomic E-state index is 13.0. The van der Waals surface area contributed by atoms with Gasteiger partial charge in [0.25, 0.3) is 5.89 Å². The largest absolute Gasteiger partial charge is 0.481 e. The van der Waals surface area contributed by atoms with Crippen LogP contribution in [0, 0.1) is 11.3 Å². The van der Waals surface area contributed by atoms with Crippen LogP contribution in [0.15, 0.2) is 41.2 Å². The molecule has 0 aliphatic rings. The predicted octanol–water partition coefficient (Wildman–Crippen LogP) is 5.46. The van der Waals surface area contributed by atoms with Crippen molar-refractivity contribution in [1.82, 2.24) is 19.5 Å². The fourth-order valence-corrected chi connectivity index (χ4v) is 3.62. The Kier molecular flexibility index (Phi) is 5.73. The molecule has 8 nitrogen and oxygen atoms in total. The number of rotatable bonds is 5. The number of carboxylic acids is 1. The van der Waals surface area contributed by atoms with Crippen LogP contribution >= 0.6 is 23.2 Å². The number of alkyl halides is 3. The first-order chi connectivity index (χ1) is 15.6. The molecule has 1 atom stereocenters. The molecule has 33 heavy (non-hydrogen) atoms. The highest BCUT2D eigenvalue weighted by Crippen LogP contribution is 2.34. The van der Waals surface area contributed by atoms with Crippen molar-refractivity contribution < 1.29 is 27.6 Å². The molecule has 4 rings (SSSR count). The van der Waals surface area contributed by atoms with E-state index in [9.17, 15) is 23.2 Å². The standard InChI is InChI=1S/C20H10Cl2F3N5O3/c21-13-3-9(10(6-26)4-16(31)32)1-2-12(13)17-28-19(33-29-17)15-8-30-7-11(20(23,24)25)5-14(22)18(30)27-15/h1-3,5,7-8,10H,4H2,(H,31,32). The van der Waals surface area contributed by atoms with Gasteiger partial charge in [-0.05, 0) is 23.8 Å². The molecular formula is C20H10Cl2F3N5O3. The molecule has 0 spiro atoms. The first-order valence-corrected chi connectivity index (χ1v) is 9.83. The molecule has 1 unspecified atom stereocenters. The van der Waals surface area contributed by atoms with Crippen molar-refractivity contribution in [3.05, 3.63) is 57.8 Å². The number of hydrogen-bond donors (Lipinski definition) is 1. The van der Waals surface area contributed by atoms with E-state index in [0.29, 0.717) is 11.1 Å². The van der Waals surface area contributed by atoms with Gasteiger partial charge in [-0.2, -0.15) is 23.4 Å². The third-order valence-corrected chi connectivity index (χ3v) is 5.24. The number of carboxylic acid groups (broad SMARTS) is 1. The molecule has 0 radical (unpaired) electrons. The highest BCUT2D eigenvalue weighted by molar-refractivity contribution is 6.33. The van der Waals surface area contributed by atoms with Gasteiger partial charge in [-0.15, -0.1) is 0 Å². The Labute approximate surface area is 192 Å². The molecule has 4 aromatic rings. The Morgan fingerprint density at radius 1 is 1.21 bits per heavy atom. The van der Waals surface area contributed by atoms with Crippen LogP contribution in [0.4, 0.5) is 13.2 Å². The summed E-state index contributed by atoms with van der Waals surface area (Å²) >= 11 is 12.2. The maximum atomic E-state index is 13.0. The van der Waals surface area contributed by atoms with Gasteiger partial charge in [0.2, 0.25) is 5.82 Å². The van der Waals surface area contributed by atoms with E-state index in [-0.39, 0.29) is 39.5 Å². The van der Waals surface area contributed by atoms with E-state index in [0.717, 1.165) is 16.7 Å². The minimum absolute atomic E-state index is 0.0624. The molecule has 3 aromatic heterocycles. The van der Waals surface area contributed by atoms with Crippen LogP contribution < -0.4 is 0 Å². The summed E-state index contributed by atoms with van der Waals surface area (Å²) in [5.74, 6) is -2.04. The van der Waals surface area contributed by atoms with Gasteiger partial charge in [-0.3, -0.25) is 4.79 Å². The molecular weight excluding hydrogens is 486 g/mol. The molecule has 3 heterocycles. The summed E-state index contributed by atoms with van der Waals surface area (Å²) in [5, 5.41) is 21.9. The number of imidazole rings is 1. The molecule has 0 aliphatic heterocycles. The van der Waals surface area contributed by atoms with Crippen LogP contribution in [-0.2, 0) is 11.0 Å². The van der Waals surface area contributed by atoms with Crippen LogP contribution in [0.1, 0.15) is 23.5 Å². The highest BCUT2D eigenvalue weighted by Gasteiger charge is 2.32. The van der Waals surface area contributed by atoms with Crippen molar-refractivity contribution in [2.45, 2.75) is 18.5 Å². The lowest BCUT2D eigenvalue weighted by atomic mass is 9.96. The monoisotopic (exact) mass is 495 g/mol. The Bertz CT molecular complexity index is 1420. The van der Waals surface area contributed by atoms with E-state index in [1.165, 1.54) is 24.4 Å². The minimum Gasteiger partial charge on any atom is -0.481 e. The summed E-state index contributed by atoms with van der Waals surface area (Å²) in [5.41, 5.74) is -0.0338. The first-order valence-electron chi connectivity index (χ1n) is 9.07. The fraction of sp³-hybridized carbons (Fsp3) is 0.150. The van der Waals surface area contributed by atoms with Gasteiger partial charge < -0.3 is 14.0 Å². The van der Waals surface area contributed by atoms with Crippen molar-refractivity contribution >= 4 is 34.8 Å². The Hall–Kier alpha value is -3.62. The normalized spacial score (nSPS) is 12.6. The van der Waals surface area contributed by atoms with Crippen molar-refractivity contribution in [3.8, 4) is 29.0 Å². The van der Waals surface area contributed by atoms with Gasteiger partial charge in [0, 0.05) is 18.0 Å². The molecule has 1 N–H and O–H groups in total. The summed E-state index contributed by atoms with van der Waals surface area (Å²) in [6.45, 7) is 0. The SMILES string of the molecule is N#CC(CC(=O)O)c1ccc(-c2noc(-c3cn4cc(C(F)(F)F)cc(Cl)c4n3)n2)c(Cl)c1. The molecule has 1 aromatic carbocycles. The average Bonchev–Trinajstić information content (AvgIpc) is 3.38. The number of pyridine rings is 1. The topological polar surface area (TPSA) is 117 Å². The summed E-state index contributed by atoms with van der Waals surface area (Å²) in [4.78, 5) is 19.3. The second-order valence-corrected chi connectivity index (χ2v) is 7.69. The van der Waals surface area contributed by atoms with Gasteiger partial charge in [0.1, 0.15) is 5.69 Å². The van der Waals surface area contributed by atoms with Gasteiger partial charge in [0.15, 0.2) is 5.65 Å². The van der Waals surface area contributed by atoms with E-state index < -0.39 is 23.6 Å². The fourth-order valence-electron chi connectivity index (χ4n) is 3.09. The van der Waals surface area contributed by atoms with Gasteiger partial charge >= 0.3 is 12.1 Å². The van der Waals surface area contributed by atoms with Crippen LogP contribution in [0.2, 0.25) is 10.0 Å². The second kappa shape index (κ2) is 8.38. The zero-order valence-corrected chi connectivity index (χ0v) is 17.7. The summed E-state index contributed by atoms with van der Waals surface area (Å²) in [6, 6.07) is 7.15. The van der Waals surface area contributed by atoms with Crippen molar-refractivity contribution in [1.29, 1.82) is 5.26 Å². The van der Waals surface area contributed by atoms with Crippen molar-refractivity contribution in [3.63, 3.8) is 0 Å². The summed E-state index contributed by atoms with van der Waals surface area (Å²) < 4.78 is 45.4. The number of aromatic nitrogens is 4. The van der Waals surface area contributed by atoms with E-state index in [1.54, 1.807) is 0 Å². The number of benzene rings is 1. The average molecular weight is 496 g/mol. The predicted molar refractivity (Wildman–Crippen MR) is 110 cm³/mol. The molecule has 0 saturated carbocycles. The Morgan fingerprint density at radius 3 is 2.61 bits per heavy atom. The highest BCUT2D eigenvalue weighted by atomic mass is 35.5. The molecule has 168 valence electrons. The van der Waals surface area contributed by atoms with Crippen molar-refractivity contribution in [2.24, 2.45) is 0 Å². The third-order valence-electron chi connectivity index (χ3n) is 4.65. The quantitative estimate of drug-likeness (QED) is 0.390. The van der Waals surface area contributed by atoms with Gasteiger partial charge in [0.05, 0.1) is 34.0 Å². The molecule has 0 saturated heterocycles. The molecule has 0 fully saturated rings. The van der Waals surface area contributed by atoms with Crippen LogP contribution in [0.3, 0.4) is 0 Å². The zero-order valence-electron chi connectivity index (χ0n) is 16.1. The van der Waals surface area contributed by atoms with Crippen molar-refractivity contribution in [2.75, 3.05) is 0 Å². The van der Waals surface area contributed by atoms with Crippen LogP contribution in [0.25, 0.3) is 28.6 Å². The van der Waals surface area contributed by atoms with Gasteiger partial charge in [-0.1, -0.05) is 34.4 Å². The third kappa shape index (κ3) is 4.48. The minimum atomic E-state index is -4.59. The van der Waals surface area contributed by atoms with Crippen LogP contribution in [-0.4, -0.2) is 30.6 Å². The molecule has 0 bridgehead atoms. The molecule has 0 aliphatic carbocycles. The number of nitrogens with zero attached hydrogens (tertiary/aromatic N) is 5. The van der Waals surface area contributed by atoms with E-state index in [2.05, 4.69) is 15.1 Å². The summed E-state index contributed by atoms with van der Waals surface area (Å²) in [6.07, 6.45) is -2.86. The lowest BCUT2D eigenvalue weighted by Crippen LogP contribution is -2.06. The molecule has 0 amide bonds. The number of hydrogen-bond acceptors (Lipinski definition) is 6. The Morgan fingerprint density at radius 2 is 1.97 bits per heavy atom. The number of fused-ring (bicyclic) bond motifs is 1. The van der Waals surface area contributed by atoms with E-state index in [1.807, 2.05) is 6.07 Å². The van der Waals surface area contributed by atoms with E-state index >= 15 is 0 Å². The van der Waals surface area contributed by atoms with Gasteiger partial charge in [-0.25, -0.2) is 4.98 Å². The number of nitriles is 1.